The number of rotatable bonds is 6. The molecule has 0 atom stereocenters. The zero-order valence-corrected chi connectivity index (χ0v) is 13.5. The average Bonchev–Trinajstić information content (AvgIpc) is 3.11. The van der Waals surface area contributed by atoms with E-state index in [4.69, 9.17) is 9.15 Å². The summed E-state index contributed by atoms with van der Waals surface area (Å²) in [5.74, 6) is 0.330. The van der Waals surface area contributed by atoms with Gasteiger partial charge in [0.2, 0.25) is 11.8 Å². The van der Waals surface area contributed by atoms with E-state index in [0.29, 0.717) is 41.6 Å². The molecule has 3 rings (SSSR count). The van der Waals surface area contributed by atoms with Gasteiger partial charge in [-0.05, 0) is 30.3 Å². The Balaban J connectivity index is 1.53. The second-order valence-electron chi connectivity index (χ2n) is 5.25. The number of nitrogens with zero attached hydrogens (tertiary/aromatic N) is 2. The minimum Gasteiger partial charge on any atom is -0.481 e. The molecule has 7 heteroatoms. The van der Waals surface area contributed by atoms with Crippen LogP contribution in [-0.2, 0) is 6.42 Å². The maximum absolute atomic E-state index is 12.9. The molecule has 1 aromatic carbocycles. The Morgan fingerprint density at radius 1 is 1.24 bits per heavy atom. The number of methoxy groups -OCH3 is 1. The van der Waals surface area contributed by atoms with Crippen LogP contribution in [0.4, 0.5) is 4.39 Å². The molecule has 0 unspecified atom stereocenters. The van der Waals surface area contributed by atoms with Crippen LogP contribution < -0.4 is 10.1 Å². The van der Waals surface area contributed by atoms with E-state index in [0.717, 1.165) is 0 Å². The third-order valence-corrected chi connectivity index (χ3v) is 3.52. The molecule has 0 spiro atoms. The number of ether oxygens (including phenoxy) is 1. The molecule has 0 fully saturated rings. The molecule has 0 aliphatic carbocycles. The van der Waals surface area contributed by atoms with E-state index in [1.54, 1.807) is 24.3 Å². The molecule has 1 N–H and O–H groups in total. The fraction of sp³-hybridized carbons (Fsp3) is 0.167. The third kappa shape index (κ3) is 4.20. The van der Waals surface area contributed by atoms with E-state index in [1.807, 2.05) is 0 Å². The number of oxazole rings is 1. The Labute approximate surface area is 143 Å². The molecule has 2 heterocycles. The van der Waals surface area contributed by atoms with Crippen LogP contribution in [0.1, 0.15) is 16.1 Å². The van der Waals surface area contributed by atoms with Crippen LogP contribution in [0.2, 0.25) is 0 Å². The predicted octanol–water partition coefficient (Wildman–Crippen LogP) is 2.86. The Hall–Kier alpha value is -3.22. The van der Waals surface area contributed by atoms with Gasteiger partial charge in [-0.25, -0.2) is 14.4 Å². The molecule has 0 saturated carbocycles. The molecule has 0 aliphatic heterocycles. The quantitative estimate of drug-likeness (QED) is 0.746. The molecule has 6 nitrogen and oxygen atoms in total. The number of hydrogen-bond donors (Lipinski definition) is 1. The van der Waals surface area contributed by atoms with Crippen molar-refractivity contribution in [1.29, 1.82) is 0 Å². The largest absolute Gasteiger partial charge is 0.481 e. The molecule has 1 amide bonds. The molecular formula is C18H16FN3O3. The van der Waals surface area contributed by atoms with Gasteiger partial charge in [0.05, 0.1) is 18.4 Å². The fourth-order valence-electron chi connectivity index (χ4n) is 2.19. The highest BCUT2D eigenvalue weighted by atomic mass is 19.1. The van der Waals surface area contributed by atoms with Gasteiger partial charge in [-0.3, -0.25) is 4.79 Å². The van der Waals surface area contributed by atoms with Crippen molar-refractivity contribution < 1.29 is 18.3 Å². The van der Waals surface area contributed by atoms with Gasteiger partial charge in [0.15, 0.2) is 0 Å². The number of amides is 1. The van der Waals surface area contributed by atoms with Crippen LogP contribution in [0.15, 0.2) is 53.3 Å². The van der Waals surface area contributed by atoms with Crippen LogP contribution in [-0.4, -0.2) is 29.5 Å². The lowest BCUT2D eigenvalue weighted by atomic mass is 10.2. The highest BCUT2D eigenvalue weighted by molar-refractivity contribution is 5.93. The van der Waals surface area contributed by atoms with Gasteiger partial charge in [0, 0.05) is 30.8 Å². The number of benzene rings is 1. The van der Waals surface area contributed by atoms with Crippen LogP contribution in [0.25, 0.3) is 11.5 Å². The molecule has 2 aromatic heterocycles. The van der Waals surface area contributed by atoms with Gasteiger partial charge in [-0.2, -0.15) is 0 Å². The molecule has 0 bridgehead atoms. The minimum absolute atomic E-state index is 0.225. The van der Waals surface area contributed by atoms with Crippen LogP contribution in [0.5, 0.6) is 5.88 Å². The second-order valence-corrected chi connectivity index (χ2v) is 5.25. The first-order valence-electron chi connectivity index (χ1n) is 7.64. The Morgan fingerprint density at radius 3 is 2.72 bits per heavy atom. The topological polar surface area (TPSA) is 77.2 Å². The standard InChI is InChI=1S/C18H16FN3O3/c1-24-16-7-4-13(10-21-16)17(23)20-9-8-15-11-25-18(22-15)12-2-5-14(19)6-3-12/h2-7,10-11H,8-9H2,1H3,(H,20,23). The number of halogens is 1. The number of hydrogen-bond acceptors (Lipinski definition) is 5. The monoisotopic (exact) mass is 341 g/mol. The van der Waals surface area contributed by atoms with E-state index in [1.165, 1.54) is 31.7 Å². The summed E-state index contributed by atoms with van der Waals surface area (Å²) in [6.45, 7) is 0.403. The summed E-state index contributed by atoms with van der Waals surface area (Å²) < 4.78 is 23.3. The van der Waals surface area contributed by atoms with Crippen LogP contribution in [0, 0.1) is 5.82 Å². The maximum Gasteiger partial charge on any atom is 0.252 e. The third-order valence-electron chi connectivity index (χ3n) is 3.52. The van der Waals surface area contributed by atoms with Crippen molar-refractivity contribution in [1.82, 2.24) is 15.3 Å². The summed E-state index contributed by atoms with van der Waals surface area (Å²) in [6.07, 6.45) is 3.50. The first kappa shape index (κ1) is 16.6. The molecular weight excluding hydrogens is 325 g/mol. The lowest BCUT2D eigenvalue weighted by molar-refractivity contribution is 0.0953. The van der Waals surface area contributed by atoms with Crippen molar-refractivity contribution in [2.75, 3.05) is 13.7 Å². The summed E-state index contributed by atoms with van der Waals surface area (Å²) in [4.78, 5) is 20.3. The number of nitrogens with one attached hydrogen (secondary N) is 1. The molecule has 0 saturated heterocycles. The normalized spacial score (nSPS) is 10.5. The first-order chi connectivity index (χ1) is 12.2. The Morgan fingerprint density at radius 2 is 2.04 bits per heavy atom. The van der Waals surface area contributed by atoms with Gasteiger partial charge >= 0.3 is 0 Å². The number of pyridine rings is 1. The summed E-state index contributed by atoms with van der Waals surface area (Å²) in [5.41, 5.74) is 1.85. The van der Waals surface area contributed by atoms with E-state index in [9.17, 15) is 9.18 Å². The van der Waals surface area contributed by atoms with E-state index >= 15 is 0 Å². The van der Waals surface area contributed by atoms with Crippen molar-refractivity contribution in [2.45, 2.75) is 6.42 Å². The van der Waals surface area contributed by atoms with E-state index < -0.39 is 0 Å². The van der Waals surface area contributed by atoms with Gasteiger partial charge in [-0.1, -0.05) is 0 Å². The van der Waals surface area contributed by atoms with Gasteiger partial charge in [-0.15, -0.1) is 0 Å². The highest BCUT2D eigenvalue weighted by Crippen LogP contribution is 2.19. The van der Waals surface area contributed by atoms with E-state index in [2.05, 4.69) is 15.3 Å². The van der Waals surface area contributed by atoms with Crippen LogP contribution in [0.3, 0.4) is 0 Å². The molecule has 0 radical (unpaired) electrons. The fourth-order valence-corrected chi connectivity index (χ4v) is 2.19. The zero-order chi connectivity index (χ0) is 17.6. The number of carbonyl (C=O) groups is 1. The number of aromatic nitrogens is 2. The smallest absolute Gasteiger partial charge is 0.252 e. The molecule has 128 valence electrons. The van der Waals surface area contributed by atoms with Crippen LogP contribution >= 0.6 is 0 Å². The summed E-state index contributed by atoms with van der Waals surface area (Å²) >= 11 is 0. The summed E-state index contributed by atoms with van der Waals surface area (Å²) in [6, 6.07) is 9.17. The van der Waals surface area contributed by atoms with Crippen molar-refractivity contribution in [2.24, 2.45) is 0 Å². The first-order valence-corrected chi connectivity index (χ1v) is 7.64. The van der Waals surface area contributed by atoms with Gasteiger partial charge < -0.3 is 14.5 Å². The van der Waals surface area contributed by atoms with Crippen molar-refractivity contribution in [3.63, 3.8) is 0 Å². The van der Waals surface area contributed by atoms with Crippen molar-refractivity contribution in [3.05, 3.63) is 65.9 Å². The second kappa shape index (κ2) is 7.57. The lowest BCUT2D eigenvalue weighted by Crippen LogP contribution is -2.25. The Bertz CT molecular complexity index is 845. The lowest BCUT2D eigenvalue weighted by Gasteiger charge is -2.04. The molecule has 25 heavy (non-hydrogen) atoms. The predicted molar refractivity (Wildman–Crippen MR) is 88.7 cm³/mol. The SMILES string of the molecule is COc1ccc(C(=O)NCCc2coc(-c3ccc(F)cc3)n2)cn1. The zero-order valence-electron chi connectivity index (χ0n) is 13.5. The van der Waals surface area contributed by atoms with Crippen molar-refractivity contribution >= 4 is 5.91 Å². The summed E-state index contributed by atoms with van der Waals surface area (Å²) in [5, 5.41) is 2.79. The average molecular weight is 341 g/mol. The molecule has 3 aromatic rings. The van der Waals surface area contributed by atoms with E-state index in [-0.39, 0.29) is 11.7 Å². The van der Waals surface area contributed by atoms with Crippen molar-refractivity contribution in [3.8, 4) is 17.3 Å². The highest BCUT2D eigenvalue weighted by Gasteiger charge is 2.09. The van der Waals surface area contributed by atoms with Gasteiger partial charge in [0.25, 0.3) is 5.91 Å². The maximum atomic E-state index is 12.9. The van der Waals surface area contributed by atoms with Gasteiger partial charge in [0.1, 0.15) is 12.1 Å². The number of carbonyl (C=O) groups excluding carboxylic acids is 1. The minimum atomic E-state index is -0.314. The Kier molecular flexibility index (Phi) is 5.03. The molecule has 0 aliphatic rings. The summed E-state index contributed by atoms with van der Waals surface area (Å²) in [7, 11) is 1.51.